The van der Waals surface area contributed by atoms with Crippen molar-refractivity contribution in [3.63, 3.8) is 0 Å². The summed E-state index contributed by atoms with van der Waals surface area (Å²) in [7, 11) is 0. The molecule has 0 radical (unpaired) electrons. The van der Waals surface area contributed by atoms with Gasteiger partial charge in [-0.05, 0) is 116 Å². The van der Waals surface area contributed by atoms with E-state index in [0.29, 0.717) is 17.7 Å². The molecule has 7 rings (SSSR count). The lowest BCUT2D eigenvalue weighted by atomic mass is 9.62. The second-order valence-electron chi connectivity index (χ2n) is 16.2. The van der Waals surface area contributed by atoms with Crippen LogP contribution in [0.1, 0.15) is 83.0 Å². The Kier molecular flexibility index (Phi) is 9.20. The second kappa shape index (κ2) is 13.6. The Morgan fingerprint density at radius 3 is 1.65 bits per heavy atom. The molecule has 0 saturated heterocycles. The van der Waals surface area contributed by atoms with Gasteiger partial charge in [0.1, 0.15) is 0 Å². The number of rotatable bonds is 7. The van der Waals surface area contributed by atoms with Gasteiger partial charge in [0, 0.05) is 34.5 Å². The largest absolute Gasteiger partial charge is 0.351 e. The number of carbonyl (C=O) groups is 2. The summed E-state index contributed by atoms with van der Waals surface area (Å²) in [6.45, 7) is 15.6. The van der Waals surface area contributed by atoms with Crippen LogP contribution in [-0.4, -0.2) is 34.4 Å². The monoisotopic (exact) mass is 688 g/mol. The third-order valence-corrected chi connectivity index (χ3v) is 11.0. The summed E-state index contributed by atoms with van der Waals surface area (Å²) < 4.78 is 0. The predicted octanol–water partition coefficient (Wildman–Crippen LogP) is 10.1. The third-order valence-electron chi connectivity index (χ3n) is 11.0. The van der Waals surface area contributed by atoms with Crippen molar-refractivity contribution in [1.82, 2.24) is 20.6 Å². The second-order valence-corrected chi connectivity index (χ2v) is 16.2. The predicted molar refractivity (Wildman–Crippen MR) is 213 cm³/mol. The maximum Gasteiger partial charge on any atom is 0.252 e. The van der Waals surface area contributed by atoms with Crippen molar-refractivity contribution >= 4 is 33.6 Å². The van der Waals surface area contributed by atoms with Crippen molar-refractivity contribution in [3.8, 4) is 22.5 Å². The van der Waals surface area contributed by atoms with Crippen molar-refractivity contribution in [2.45, 2.75) is 73.8 Å². The summed E-state index contributed by atoms with van der Waals surface area (Å²) in [6.07, 6.45) is 2.52. The maximum absolute atomic E-state index is 14.2. The van der Waals surface area contributed by atoms with Crippen LogP contribution in [0.4, 0.5) is 0 Å². The number of para-hydroxylation sites is 2. The van der Waals surface area contributed by atoms with E-state index in [9.17, 15) is 9.59 Å². The number of amides is 2. The molecule has 2 heterocycles. The lowest BCUT2D eigenvalue weighted by Gasteiger charge is -2.47. The number of aromatic nitrogens is 2. The van der Waals surface area contributed by atoms with Crippen molar-refractivity contribution in [2.75, 3.05) is 6.54 Å². The fourth-order valence-electron chi connectivity index (χ4n) is 8.35. The summed E-state index contributed by atoms with van der Waals surface area (Å²) in [4.78, 5) is 38.1. The average molecular weight is 689 g/mol. The van der Waals surface area contributed by atoms with Gasteiger partial charge in [0.15, 0.2) is 0 Å². The first kappa shape index (κ1) is 35.1. The Bertz CT molecular complexity index is 2360. The smallest absolute Gasteiger partial charge is 0.252 e. The van der Waals surface area contributed by atoms with Crippen LogP contribution in [0.25, 0.3) is 44.3 Å². The Balaban J connectivity index is 1.13. The van der Waals surface area contributed by atoms with Gasteiger partial charge in [0.25, 0.3) is 11.8 Å². The summed E-state index contributed by atoms with van der Waals surface area (Å²) in [5, 5.41) is 8.41. The van der Waals surface area contributed by atoms with E-state index < -0.39 is 0 Å². The van der Waals surface area contributed by atoms with E-state index >= 15 is 0 Å². The zero-order valence-electron chi connectivity index (χ0n) is 31.4. The van der Waals surface area contributed by atoms with E-state index in [1.54, 1.807) is 0 Å². The number of carbonyl (C=O) groups excluding carboxylic acids is 2. The highest BCUT2D eigenvalue weighted by Crippen LogP contribution is 2.46. The van der Waals surface area contributed by atoms with Crippen LogP contribution in [0.2, 0.25) is 0 Å². The van der Waals surface area contributed by atoms with Gasteiger partial charge in [0.2, 0.25) is 0 Å². The van der Waals surface area contributed by atoms with Gasteiger partial charge in [-0.3, -0.25) is 9.59 Å². The van der Waals surface area contributed by atoms with Crippen LogP contribution in [0.5, 0.6) is 0 Å². The van der Waals surface area contributed by atoms with Gasteiger partial charge in [-0.25, -0.2) is 9.97 Å². The van der Waals surface area contributed by atoms with Crippen molar-refractivity contribution < 1.29 is 9.59 Å². The molecule has 52 heavy (non-hydrogen) atoms. The highest BCUT2D eigenvalue weighted by molar-refractivity contribution is 6.08. The molecule has 1 saturated carbocycles. The van der Waals surface area contributed by atoms with Crippen molar-refractivity contribution in [1.29, 1.82) is 0 Å². The Hall–Kier alpha value is -5.36. The fraction of sp³-hybridized carbons (Fsp3) is 0.304. The molecule has 1 fully saturated rings. The van der Waals surface area contributed by atoms with Crippen LogP contribution in [0.15, 0.2) is 97.1 Å². The minimum atomic E-state index is -0.236. The number of hydrogen-bond acceptors (Lipinski definition) is 4. The van der Waals surface area contributed by atoms with Crippen molar-refractivity contribution in [2.24, 2.45) is 10.8 Å². The highest BCUT2D eigenvalue weighted by atomic mass is 16.2. The normalized spacial score (nSPS) is 18.3. The molecule has 0 spiro atoms. The van der Waals surface area contributed by atoms with E-state index in [1.165, 1.54) is 22.3 Å². The number of hydrogen-bond donors (Lipinski definition) is 2. The molecule has 2 amide bonds. The molecule has 264 valence electrons. The van der Waals surface area contributed by atoms with E-state index in [2.05, 4.69) is 95.5 Å². The molecule has 4 aromatic carbocycles. The molecule has 2 atom stereocenters. The van der Waals surface area contributed by atoms with E-state index in [1.807, 2.05) is 60.7 Å². The third kappa shape index (κ3) is 7.20. The number of benzene rings is 4. The first-order valence-electron chi connectivity index (χ1n) is 18.3. The number of nitrogens with one attached hydrogen (secondary N) is 2. The van der Waals surface area contributed by atoms with E-state index in [0.717, 1.165) is 63.6 Å². The SMILES string of the molecule is Cc1ccc(-c2cc(C(=O)NC[C@@]3(C)C[C@H](NC(=O)c4cc(-c5ccc(C)c(C)c5)nc5ccccc45)CC(C)(C)C3)c3ccccc3n2)cc1C. The molecular formula is C46H48N4O2. The minimum absolute atomic E-state index is 0.0413. The van der Waals surface area contributed by atoms with Crippen LogP contribution >= 0.6 is 0 Å². The molecule has 2 N–H and O–H groups in total. The topological polar surface area (TPSA) is 84.0 Å². The zero-order chi connectivity index (χ0) is 36.8. The number of aryl methyl sites for hydroxylation is 4. The highest BCUT2D eigenvalue weighted by Gasteiger charge is 2.42. The standard InChI is InChI=1S/C46H48N4O2/c1-28-16-18-32(20-30(28)3)41-22-37(35-12-8-10-14-39(35)49-41)43(51)47-27-46(7)25-34(24-45(5,6)26-46)48-44(52)38-23-42(33-19-17-29(2)31(4)21-33)50-40-15-11-9-13-36(38)40/h8-23,34H,24-27H2,1-7H3,(H,47,51)(H,48,52)/t34-,46+/m1/s1. The van der Waals surface area contributed by atoms with Gasteiger partial charge < -0.3 is 10.6 Å². The van der Waals surface area contributed by atoms with Gasteiger partial charge in [-0.15, -0.1) is 0 Å². The molecule has 2 aromatic heterocycles. The van der Waals surface area contributed by atoms with E-state index in [4.69, 9.17) is 9.97 Å². The fourth-order valence-corrected chi connectivity index (χ4v) is 8.35. The number of pyridine rings is 2. The van der Waals surface area contributed by atoms with Crippen LogP contribution in [-0.2, 0) is 0 Å². The number of fused-ring (bicyclic) bond motifs is 2. The van der Waals surface area contributed by atoms with E-state index in [-0.39, 0.29) is 28.7 Å². The Morgan fingerprint density at radius 1 is 0.635 bits per heavy atom. The molecule has 0 unspecified atom stereocenters. The molecule has 0 bridgehead atoms. The average Bonchev–Trinajstić information content (AvgIpc) is 3.11. The number of nitrogens with zero attached hydrogens (tertiary/aromatic N) is 2. The lowest BCUT2D eigenvalue weighted by Crippen LogP contribution is -2.50. The first-order chi connectivity index (χ1) is 24.8. The summed E-state index contributed by atoms with van der Waals surface area (Å²) >= 11 is 0. The zero-order valence-corrected chi connectivity index (χ0v) is 31.4. The van der Waals surface area contributed by atoms with Gasteiger partial charge in [-0.2, -0.15) is 0 Å². The van der Waals surface area contributed by atoms with Crippen LogP contribution in [0.3, 0.4) is 0 Å². The molecule has 0 aliphatic heterocycles. The van der Waals surface area contributed by atoms with Crippen LogP contribution < -0.4 is 10.6 Å². The van der Waals surface area contributed by atoms with Crippen LogP contribution in [0, 0.1) is 38.5 Å². The molecule has 1 aliphatic rings. The Morgan fingerprint density at radius 2 is 1.13 bits per heavy atom. The summed E-state index contributed by atoms with van der Waals surface area (Å²) in [5.41, 5.74) is 10.9. The molecule has 6 nitrogen and oxygen atoms in total. The molecule has 6 aromatic rings. The maximum atomic E-state index is 14.2. The first-order valence-corrected chi connectivity index (χ1v) is 18.3. The molecule has 6 heteroatoms. The Labute approximate surface area is 307 Å². The summed E-state index contributed by atoms with van der Waals surface area (Å²) in [6, 6.07) is 32.1. The van der Waals surface area contributed by atoms with Crippen molar-refractivity contribution in [3.05, 3.63) is 130 Å². The molecule has 1 aliphatic carbocycles. The van der Waals surface area contributed by atoms with Gasteiger partial charge in [0.05, 0.1) is 33.5 Å². The quantitative estimate of drug-likeness (QED) is 0.175. The van der Waals surface area contributed by atoms with Gasteiger partial charge in [-0.1, -0.05) is 81.4 Å². The molecular weight excluding hydrogens is 641 g/mol. The lowest BCUT2D eigenvalue weighted by molar-refractivity contribution is 0.0593. The van der Waals surface area contributed by atoms with Gasteiger partial charge >= 0.3 is 0 Å². The summed E-state index contributed by atoms with van der Waals surface area (Å²) in [5.74, 6) is -0.212. The minimum Gasteiger partial charge on any atom is -0.351 e.